The molecule has 0 atom stereocenters. The van der Waals surface area contributed by atoms with Crippen molar-refractivity contribution in [1.29, 1.82) is 0 Å². The van der Waals surface area contributed by atoms with Crippen molar-refractivity contribution in [2.45, 2.75) is 13.0 Å². The number of carbonyl (C=O) groups excluding carboxylic acids is 1. The van der Waals surface area contributed by atoms with Gasteiger partial charge in [0.25, 0.3) is 0 Å². The van der Waals surface area contributed by atoms with Crippen LogP contribution in [0.3, 0.4) is 0 Å². The molecule has 4 aromatic rings. The van der Waals surface area contributed by atoms with Crippen LogP contribution in [0, 0.1) is 0 Å². The van der Waals surface area contributed by atoms with Crippen molar-refractivity contribution in [3.63, 3.8) is 0 Å². The Kier molecular flexibility index (Phi) is 4.48. The number of carbonyl (C=O) groups is 1. The maximum atomic E-state index is 12.5. The van der Waals surface area contributed by atoms with Gasteiger partial charge in [-0.2, -0.15) is 0 Å². The minimum Gasteiger partial charge on any atom is -0.343 e. The van der Waals surface area contributed by atoms with E-state index in [1.807, 2.05) is 30.3 Å². The number of aromatic nitrogens is 2. The molecule has 4 heteroatoms. The van der Waals surface area contributed by atoms with Crippen molar-refractivity contribution in [2.24, 2.45) is 0 Å². The first-order valence-corrected chi connectivity index (χ1v) is 8.60. The molecule has 0 aliphatic carbocycles. The molecule has 2 aromatic heterocycles. The molecule has 0 bridgehead atoms. The van der Waals surface area contributed by atoms with Crippen molar-refractivity contribution in [3.8, 4) is 0 Å². The Labute approximate surface area is 152 Å². The largest absolute Gasteiger partial charge is 0.343 e. The number of amides is 1. The van der Waals surface area contributed by atoms with Gasteiger partial charge < -0.3 is 9.88 Å². The van der Waals surface area contributed by atoms with E-state index < -0.39 is 0 Å². The summed E-state index contributed by atoms with van der Waals surface area (Å²) < 4.78 is 2.21. The lowest BCUT2D eigenvalue weighted by molar-refractivity contribution is -0.115. The van der Waals surface area contributed by atoms with E-state index in [2.05, 4.69) is 45.3 Å². The Morgan fingerprint density at radius 3 is 2.46 bits per heavy atom. The molecule has 0 aliphatic heterocycles. The maximum absolute atomic E-state index is 12.5. The highest BCUT2D eigenvalue weighted by molar-refractivity contribution is 5.95. The Hall–Kier alpha value is -3.40. The topological polar surface area (TPSA) is 46.9 Å². The van der Waals surface area contributed by atoms with Gasteiger partial charge in [-0.15, -0.1) is 0 Å². The lowest BCUT2D eigenvalue weighted by Gasteiger charge is -2.05. The van der Waals surface area contributed by atoms with Crippen LogP contribution in [0.1, 0.15) is 11.1 Å². The third kappa shape index (κ3) is 3.49. The van der Waals surface area contributed by atoms with Gasteiger partial charge >= 0.3 is 0 Å². The highest BCUT2D eigenvalue weighted by Gasteiger charge is 2.12. The van der Waals surface area contributed by atoms with Crippen LogP contribution in [0.2, 0.25) is 0 Å². The highest BCUT2D eigenvalue weighted by atomic mass is 16.1. The van der Waals surface area contributed by atoms with Crippen molar-refractivity contribution in [3.05, 3.63) is 96.4 Å². The molecule has 1 N–H and O–H groups in total. The molecular formula is C22H19N3O. The van der Waals surface area contributed by atoms with E-state index in [9.17, 15) is 4.79 Å². The molecule has 1 amide bonds. The monoisotopic (exact) mass is 341 g/mol. The summed E-state index contributed by atoms with van der Waals surface area (Å²) in [4.78, 5) is 16.4. The Morgan fingerprint density at radius 1 is 0.923 bits per heavy atom. The third-order valence-electron chi connectivity index (χ3n) is 4.38. The van der Waals surface area contributed by atoms with Crippen LogP contribution < -0.4 is 5.32 Å². The number of pyridine rings is 1. The summed E-state index contributed by atoms with van der Waals surface area (Å²) in [6.45, 7) is 0.785. The minimum atomic E-state index is -0.0289. The number of rotatable bonds is 5. The van der Waals surface area contributed by atoms with Crippen LogP contribution >= 0.6 is 0 Å². The molecule has 4 rings (SSSR count). The molecule has 128 valence electrons. The summed E-state index contributed by atoms with van der Waals surface area (Å²) in [5.74, 6) is -0.0289. The lowest BCUT2D eigenvalue weighted by Crippen LogP contribution is -2.14. The SMILES string of the molecule is O=C(Cc1cn(Cc2ccccc2)c2ccccc12)Nc1ccncc1. The number of hydrogen-bond acceptors (Lipinski definition) is 2. The smallest absolute Gasteiger partial charge is 0.228 e. The Balaban J connectivity index is 1.60. The van der Waals surface area contributed by atoms with Gasteiger partial charge in [-0.05, 0) is 29.3 Å². The minimum absolute atomic E-state index is 0.0289. The zero-order valence-electron chi connectivity index (χ0n) is 14.3. The van der Waals surface area contributed by atoms with Crippen LogP contribution in [-0.2, 0) is 17.8 Å². The molecule has 0 radical (unpaired) electrons. The number of fused-ring (bicyclic) bond motifs is 1. The average Bonchev–Trinajstić information content (AvgIpc) is 3.01. The number of benzene rings is 2. The fourth-order valence-corrected chi connectivity index (χ4v) is 3.19. The van der Waals surface area contributed by atoms with E-state index in [0.29, 0.717) is 6.42 Å². The van der Waals surface area contributed by atoms with Crippen molar-refractivity contribution < 1.29 is 4.79 Å². The second-order valence-electron chi connectivity index (χ2n) is 6.25. The van der Waals surface area contributed by atoms with Crippen LogP contribution in [0.15, 0.2) is 85.3 Å². The van der Waals surface area contributed by atoms with Crippen LogP contribution in [0.5, 0.6) is 0 Å². The van der Waals surface area contributed by atoms with E-state index in [-0.39, 0.29) is 5.91 Å². The van der Waals surface area contributed by atoms with Crippen molar-refractivity contribution in [2.75, 3.05) is 5.32 Å². The number of nitrogens with one attached hydrogen (secondary N) is 1. The van der Waals surface area contributed by atoms with E-state index in [0.717, 1.165) is 28.7 Å². The normalized spacial score (nSPS) is 10.8. The first kappa shape index (κ1) is 16.1. The van der Waals surface area contributed by atoms with E-state index in [1.165, 1.54) is 5.56 Å². The summed E-state index contributed by atoms with van der Waals surface area (Å²) in [6, 6.07) is 22.1. The molecule has 2 aromatic carbocycles. The zero-order chi connectivity index (χ0) is 17.8. The molecule has 0 saturated carbocycles. The third-order valence-corrected chi connectivity index (χ3v) is 4.38. The van der Waals surface area contributed by atoms with Crippen molar-refractivity contribution >= 4 is 22.5 Å². The molecule has 0 aliphatic rings. The molecular weight excluding hydrogens is 322 g/mol. The Morgan fingerprint density at radius 2 is 1.65 bits per heavy atom. The lowest BCUT2D eigenvalue weighted by atomic mass is 10.1. The standard InChI is InChI=1S/C22H19N3O/c26-22(24-19-10-12-23-13-11-19)14-18-16-25(15-17-6-2-1-3-7-17)21-9-5-4-8-20(18)21/h1-13,16H,14-15H2,(H,23,24,26). The fraction of sp³-hybridized carbons (Fsp3) is 0.0909. The molecule has 0 saturated heterocycles. The first-order valence-electron chi connectivity index (χ1n) is 8.60. The molecule has 0 fully saturated rings. The van der Waals surface area contributed by atoms with E-state index in [4.69, 9.17) is 0 Å². The predicted molar refractivity (Wildman–Crippen MR) is 104 cm³/mol. The quantitative estimate of drug-likeness (QED) is 0.589. The summed E-state index contributed by atoms with van der Waals surface area (Å²) >= 11 is 0. The van der Waals surface area contributed by atoms with Crippen LogP contribution in [0.25, 0.3) is 10.9 Å². The number of anilines is 1. The summed E-state index contributed by atoms with van der Waals surface area (Å²) in [5.41, 5.74) is 4.17. The number of para-hydroxylation sites is 1. The fourth-order valence-electron chi connectivity index (χ4n) is 3.19. The molecule has 4 nitrogen and oxygen atoms in total. The van der Waals surface area contributed by atoms with Gasteiger partial charge in [0.1, 0.15) is 0 Å². The van der Waals surface area contributed by atoms with Crippen LogP contribution in [-0.4, -0.2) is 15.5 Å². The second-order valence-corrected chi connectivity index (χ2v) is 6.25. The molecule has 26 heavy (non-hydrogen) atoms. The predicted octanol–water partition coefficient (Wildman–Crippen LogP) is 4.27. The van der Waals surface area contributed by atoms with E-state index in [1.54, 1.807) is 24.5 Å². The summed E-state index contributed by atoms with van der Waals surface area (Å²) in [7, 11) is 0. The number of hydrogen-bond donors (Lipinski definition) is 1. The maximum Gasteiger partial charge on any atom is 0.228 e. The van der Waals surface area contributed by atoms with Gasteiger partial charge in [0.05, 0.1) is 6.42 Å². The highest BCUT2D eigenvalue weighted by Crippen LogP contribution is 2.23. The Bertz CT molecular complexity index is 1020. The summed E-state index contributed by atoms with van der Waals surface area (Å²) in [5, 5.41) is 4.04. The first-order chi connectivity index (χ1) is 12.8. The van der Waals surface area contributed by atoms with Crippen LogP contribution in [0.4, 0.5) is 5.69 Å². The molecule has 0 unspecified atom stereocenters. The summed E-state index contributed by atoms with van der Waals surface area (Å²) in [6.07, 6.45) is 5.76. The van der Waals surface area contributed by atoms with Gasteiger partial charge in [0.2, 0.25) is 5.91 Å². The van der Waals surface area contributed by atoms with Gasteiger partial charge in [0.15, 0.2) is 0 Å². The second kappa shape index (κ2) is 7.23. The molecule has 0 spiro atoms. The van der Waals surface area contributed by atoms with Gasteiger partial charge in [0, 0.05) is 41.7 Å². The van der Waals surface area contributed by atoms with E-state index >= 15 is 0 Å². The van der Waals surface area contributed by atoms with Gasteiger partial charge in [-0.25, -0.2) is 0 Å². The average molecular weight is 341 g/mol. The number of nitrogens with zero attached hydrogens (tertiary/aromatic N) is 2. The molecule has 2 heterocycles. The zero-order valence-corrected chi connectivity index (χ0v) is 14.3. The van der Waals surface area contributed by atoms with Gasteiger partial charge in [-0.3, -0.25) is 9.78 Å². The van der Waals surface area contributed by atoms with Crippen molar-refractivity contribution in [1.82, 2.24) is 9.55 Å². The van der Waals surface area contributed by atoms with Gasteiger partial charge in [-0.1, -0.05) is 48.5 Å².